The van der Waals surface area contributed by atoms with Gasteiger partial charge in [0.1, 0.15) is 5.82 Å². The standard InChI is InChI=1S/C18H25FN2O/c1-20-10-5-14-6-11-21(12-7-14)17(22)18(8-9-18)15-3-2-4-16(19)13-15/h2-4,13-14,20H,5-12H2,1H3. The van der Waals surface area contributed by atoms with Gasteiger partial charge in [0.05, 0.1) is 5.41 Å². The molecule has 120 valence electrons. The molecule has 1 aromatic rings. The second-order valence-corrected chi connectivity index (χ2v) is 6.72. The summed E-state index contributed by atoms with van der Waals surface area (Å²) < 4.78 is 13.5. The number of hydrogen-bond acceptors (Lipinski definition) is 2. The summed E-state index contributed by atoms with van der Waals surface area (Å²) in [5.41, 5.74) is 0.426. The van der Waals surface area contributed by atoms with Crippen molar-refractivity contribution in [2.45, 2.75) is 37.5 Å². The Morgan fingerprint density at radius 3 is 2.68 bits per heavy atom. The van der Waals surface area contributed by atoms with Gasteiger partial charge in [-0.15, -0.1) is 0 Å². The minimum atomic E-state index is -0.431. The van der Waals surface area contributed by atoms with Gasteiger partial charge in [-0.3, -0.25) is 4.79 Å². The van der Waals surface area contributed by atoms with E-state index < -0.39 is 5.41 Å². The molecule has 1 aliphatic carbocycles. The molecular weight excluding hydrogens is 279 g/mol. The third kappa shape index (κ3) is 3.02. The van der Waals surface area contributed by atoms with Crippen molar-refractivity contribution in [2.24, 2.45) is 5.92 Å². The van der Waals surface area contributed by atoms with E-state index in [4.69, 9.17) is 0 Å². The molecule has 1 N–H and O–H groups in total. The van der Waals surface area contributed by atoms with E-state index in [1.54, 1.807) is 6.07 Å². The zero-order chi connectivity index (χ0) is 15.6. The first kappa shape index (κ1) is 15.5. The topological polar surface area (TPSA) is 32.3 Å². The molecule has 1 amide bonds. The first-order valence-electron chi connectivity index (χ1n) is 8.36. The molecule has 3 rings (SSSR count). The van der Waals surface area contributed by atoms with Crippen molar-refractivity contribution < 1.29 is 9.18 Å². The molecule has 1 saturated heterocycles. The zero-order valence-electron chi connectivity index (χ0n) is 13.3. The number of halogens is 1. The summed E-state index contributed by atoms with van der Waals surface area (Å²) in [6.07, 6.45) is 5.08. The molecule has 1 saturated carbocycles. The molecule has 0 aromatic heterocycles. The maximum atomic E-state index is 13.5. The van der Waals surface area contributed by atoms with Gasteiger partial charge in [0.2, 0.25) is 5.91 Å². The van der Waals surface area contributed by atoms with Crippen LogP contribution >= 0.6 is 0 Å². The van der Waals surface area contributed by atoms with Crippen molar-refractivity contribution in [1.29, 1.82) is 0 Å². The number of nitrogens with one attached hydrogen (secondary N) is 1. The average Bonchev–Trinajstić information content (AvgIpc) is 3.34. The fourth-order valence-corrected chi connectivity index (χ4v) is 3.61. The van der Waals surface area contributed by atoms with Crippen LogP contribution in [0.15, 0.2) is 24.3 Å². The molecular formula is C18H25FN2O. The molecule has 0 bridgehead atoms. The van der Waals surface area contributed by atoms with Crippen molar-refractivity contribution in [3.63, 3.8) is 0 Å². The van der Waals surface area contributed by atoms with Crippen LogP contribution in [0, 0.1) is 11.7 Å². The van der Waals surface area contributed by atoms with E-state index in [-0.39, 0.29) is 11.7 Å². The fourth-order valence-electron chi connectivity index (χ4n) is 3.61. The third-order valence-corrected chi connectivity index (χ3v) is 5.24. The van der Waals surface area contributed by atoms with E-state index in [2.05, 4.69) is 5.32 Å². The van der Waals surface area contributed by atoms with E-state index >= 15 is 0 Å². The molecule has 0 unspecified atom stereocenters. The molecule has 0 atom stereocenters. The van der Waals surface area contributed by atoms with Gasteiger partial charge in [0, 0.05) is 13.1 Å². The summed E-state index contributed by atoms with van der Waals surface area (Å²) in [6.45, 7) is 2.75. The van der Waals surface area contributed by atoms with Crippen molar-refractivity contribution in [3.05, 3.63) is 35.6 Å². The second kappa shape index (κ2) is 6.37. The minimum Gasteiger partial charge on any atom is -0.342 e. The number of benzene rings is 1. The SMILES string of the molecule is CNCCC1CCN(C(=O)C2(c3cccc(F)c3)CC2)CC1. The Morgan fingerprint density at radius 1 is 1.36 bits per heavy atom. The summed E-state index contributed by atoms with van der Waals surface area (Å²) in [6, 6.07) is 6.58. The molecule has 2 aliphatic rings. The quantitative estimate of drug-likeness (QED) is 0.907. The number of amides is 1. The summed E-state index contributed by atoms with van der Waals surface area (Å²) in [5.74, 6) is 0.688. The number of carbonyl (C=O) groups is 1. The molecule has 22 heavy (non-hydrogen) atoms. The molecule has 1 aromatic carbocycles. The van der Waals surface area contributed by atoms with Gasteiger partial charge in [0.25, 0.3) is 0 Å². The third-order valence-electron chi connectivity index (χ3n) is 5.24. The molecule has 2 fully saturated rings. The lowest BCUT2D eigenvalue weighted by Crippen LogP contribution is -2.44. The van der Waals surface area contributed by atoms with Gasteiger partial charge in [-0.2, -0.15) is 0 Å². The summed E-state index contributed by atoms with van der Waals surface area (Å²) in [5, 5.41) is 3.19. The largest absolute Gasteiger partial charge is 0.342 e. The number of carbonyl (C=O) groups excluding carboxylic acids is 1. The molecule has 3 nitrogen and oxygen atoms in total. The minimum absolute atomic E-state index is 0.213. The highest BCUT2D eigenvalue weighted by molar-refractivity contribution is 5.91. The fraction of sp³-hybridized carbons (Fsp3) is 0.611. The molecule has 4 heteroatoms. The van der Waals surface area contributed by atoms with Crippen LogP contribution in [0.2, 0.25) is 0 Å². The molecule has 0 radical (unpaired) electrons. The van der Waals surface area contributed by atoms with Crippen LogP contribution < -0.4 is 5.32 Å². The predicted molar refractivity (Wildman–Crippen MR) is 85.2 cm³/mol. The van der Waals surface area contributed by atoms with Crippen molar-refractivity contribution in [3.8, 4) is 0 Å². The van der Waals surface area contributed by atoms with E-state index in [9.17, 15) is 9.18 Å². The smallest absolute Gasteiger partial charge is 0.233 e. The number of rotatable bonds is 5. The van der Waals surface area contributed by atoms with E-state index in [0.29, 0.717) is 0 Å². The average molecular weight is 304 g/mol. The Bertz CT molecular complexity index is 534. The Hall–Kier alpha value is -1.42. The van der Waals surface area contributed by atoms with Gasteiger partial charge in [-0.25, -0.2) is 4.39 Å². The molecule has 0 spiro atoms. The Balaban J connectivity index is 1.63. The van der Waals surface area contributed by atoms with Crippen molar-refractivity contribution in [1.82, 2.24) is 10.2 Å². The number of likely N-dealkylation sites (tertiary alicyclic amines) is 1. The van der Waals surface area contributed by atoms with E-state index in [1.807, 2.05) is 18.0 Å². The van der Waals surface area contributed by atoms with Crippen LogP contribution in [0.25, 0.3) is 0 Å². The molecule has 1 aliphatic heterocycles. The second-order valence-electron chi connectivity index (χ2n) is 6.72. The monoisotopic (exact) mass is 304 g/mol. The van der Waals surface area contributed by atoms with Crippen LogP contribution in [0.5, 0.6) is 0 Å². The highest BCUT2D eigenvalue weighted by Gasteiger charge is 2.53. The maximum absolute atomic E-state index is 13.5. The van der Waals surface area contributed by atoms with Gasteiger partial charge in [-0.05, 0) is 69.3 Å². The summed E-state index contributed by atoms with van der Waals surface area (Å²) >= 11 is 0. The van der Waals surface area contributed by atoms with E-state index in [0.717, 1.165) is 56.8 Å². The van der Waals surface area contributed by atoms with Gasteiger partial charge < -0.3 is 10.2 Å². The lowest BCUT2D eigenvalue weighted by molar-refractivity contribution is -0.135. The summed E-state index contributed by atoms with van der Waals surface area (Å²) in [4.78, 5) is 14.9. The number of nitrogens with zero attached hydrogens (tertiary/aromatic N) is 1. The van der Waals surface area contributed by atoms with Crippen LogP contribution in [-0.4, -0.2) is 37.5 Å². The number of hydrogen-bond donors (Lipinski definition) is 1. The van der Waals surface area contributed by atoms with Gasteiger partial charge in [-0.1, -0.05) is 12.1 Å². The van der Waals surface area contributed by atoms with Gasteiger partial charge in [0.15, 0.2) is 0 Å². The Labute approximate surface area is 131 Å². The zero-order valence-corrected chi connectivity index (χ0v) is 13.3. The highest BCUT2D eigenvalue weighted by Crippen LogP contribution is 2.50. The predicted octanol–water partition coefficient (Wildman–Crippen LogP) is 2.71. The van der Waals surface area contributed by atoms with Crippen molar-refractivity contribution in [2.75, 3.05) is 26.7 Å². The highest BCUT2D eigenvalue weighted by atomic mass is 19.1. The first-order valence-corrected chi connectivity index (χ1v) is 8.36. The summed E-state index contributed by atoms with van der Waals surface area (Å²) in [7, 11) is 1.98. The van der Waals surface area contributed by atoms with Crippen LogP contribution in [0.3, 0.4) is 0 Å². The normalized spacial score (nSPS) is 20.9. The Morgan fingerprint density at radius 2 is 2.09 bits per heavy atom. The lowest BCUT2D eigenvalue weighted by atomic mass is 9.90. The maximum Gasteiger partial charge on any atom is 0.233 e. The van der Waals surface area contributed by atoms with Crippen LogP contribution in [-0.2, 0) is 10.2 Å². The molecule has 1 heterocycles. The lowest BCUT2D eigenvalue weighted by Gasteiger charge is -2.34. The van der Waals surface area contributed by atoms with Gasteiger partial charge >= 0.3 is 0 Å². The van der Waals surface area contributed by atoms with Crippen LogP contribution in [0.1, 0.15) is 37.7 Å². The van der Waals surface area contributed by atoms with Crippen molar-refractivity contribution >= 4 is 5.91 Å². The number of piperidine rings is 1. The van der Waals surface area contributed by atoms with E-state index in [1.165, 1.54) is 18.6 Å². The van der Waals surface area contributed by atoms with Crippen LogP contribution in [0.4, 0.5) is 4.39 Å². The Kier molecular flexibility index (Phi) is 4.48. The first-order chi connectivity index (χ1) is 10.7.